The quantitative estimate of drug-likeness (QED) is 0.497. The van der Waals surface area contributed by atoms with E-state index in [1.807, 2.05) is 6.92 Å². The predicted molar refractivity (Wildman–Crippen MR) is 73.8 cm³/mol. The number of carbonyl (C=O) groups is 1. The molecule has 2 rings (SSSR count). The summed E-state index contributed by atoms with van der Waals surface area (Å²) in [4.78, 5) is 19.2. The van der Waals surface area contributed by atoms with Crippen LogP contribution >= 0.6 is 11.3 Å². The highest BCUT2D eigenvalue weighted by Gasteiger charge is 2.20. The van der Waals surface area contributed by atoms with Gasteiger partial charge in [-0.05, 0) is 19.3 Å². The van der Waals surface area contributed by atoms with Crippen molar-refractivity contribution in [1.29, 1.82) is 0 Å². The molecule has 0 aromatic carbocycles. The number of aromatic nitrogens is 1. The van der Waals surface area contributed by atoms with E-state index in [9.17, 15) is 4.79 Å². The van der Waals surface area contributed by atoms with Gasteiger partial charge in [-0.2, -0.15) is 0 Å². The summed E-state index contributed by atoms with van der Waals surface area (Å²) in [6.45, 7) is 4.09. The Balaban J connectivity index is 2.22. The lowest BCUT2D eigenvalue weighted by Crippen LogP contribution is -2.30. The number of anilines is 1. The van der Waals surface area contributed by atoms with Gasteiger partial charge in [0.1, 0.15) is 4.88 Å². The lowest BCUT2D eigenvalue weighted by Gasteiger charge is -2.18. The third-order valence-corrected chi connectivity index (χ3v) is 4.39. The first kappa shape index (κ1) is 13.3. The first-order valence-corrected chi connectivity index (χ1v) is 7.33. The van der Waals surface area contributed by atoms with Gasteiger partial charge in [0.05, 0.1) is 5.69 Å². The third kappa shape index (κ3) is 2.81. The number of amides is 1. The van der Waals surface area contributed by atoms with Crippen molar-refractivity contribution < 1.29 is 4.79 Å². The largest absolute Gasteiger partial charge is 0.348 e. The van der Waals surface area contributed by atoms with Crippen molar-refractivity contribution in [3.8, 4) is 0 Å². The van der Waals surface area contributed by atoms with Crippen molar-refractivity contribution in [3.05, 3.63) is 10.6 Å². The van der Waals surface area contributed by atoms with E-state index in [0.717, 1.165) is 30.3 Å². The number of nitrogen functional groups attached to an aromatic ring is 1. The van der Waals surface area contributed by atoms with Crippen LogP contribution in [-0.2, 0) is 6.42 Å². The SMILES string of the molecule is CCc1nc(N2CCCCCC2)sc1C(=O)NN. The Hall–Kier alpha value is -1.14. The zero-order valence-electron chi connectivity index (χ0n) is 10.7. The number of aryl methyl sites for hydroxylation is 1. The van der Waals surface area contributed by atoms with Crippen LogP contribution in [0.3, 0.4) is 0 Å². The summed E-state index contributed by atoms with van der Waals surface area (Å²) in [6, 6.07) is 0. The molecule has 0 saturated carbocycles. The maximum Gasteiger partial charge on any atom is 0.277 e. The Morgan fingerprint density at radius 3 is 2.61 bits per heavy atom. The second-order valence-corrected chi connectivity index (χ2v) is 5.48. The van der Waals surface area contributed by atoms with Crippen LogP contribution in [0.15, 0.2) is 0 Å². The fourth-order valence-electron chi connectivity index (χ4n) is 2.22. The summed E-state index contributed by atoms with van der Waals surface area (Å²) in [6.07, 6.45) is 5.75. The number of hydrogen-bond donors (Lipinski definition) is 2. The second-order valence-electron chi connectivity index (χ2n) is 4.50. The second kappa shape index (κ2) is 6.15. The zero-order valence-corrected chi connectivity index (χ0v) is 11.6. The summed E-state index contributed by atoms with van der Waals surface area (Å²) in [5, 5.41) is 0.965. The molecule has 2 heterocycles. The van der Waals surface area contributed by atoms with Gasteiger partial charge in [-0.25, -0.2) is 10.8 Å². The van der Waals surface area contributed by atoms with Gasteiger partial charge in [0.25, 0.3) is 5.91 Å². The van der Waals surface area contributed by atoms with Crippen molar-refractivity contribution >= 4 is 22.4 Å². The topological polar surface area (TPSA) is 71.2 Å². The van der Waals surface area contributed by atoms with E-state index in [2.05, 4.69) is 15.3 Å². The monoisotopic (exact) mass is 268 g/mol. The minimum atomic E-state index is -0.231. The van der Waals surface area contributed by atoms with Crippen LogP contribution < -0.4 is 16.2 Å². The van der Waals surface area contributed by atoms with Crippen LogP contribution in [0, 0.1) is 0 Å². The van der Waals surface area contributed by atoms with E-state index in [1.165, 1.54) is 37.0 Å². The van der Waals surface area contributed by atoms with E-state index >= 15 is 0 Å². The molecule has 0 bridgehead atoms. The van der Waals surface area contributed by atoms with Gasteiger partial charge in [-0.1, -0.05) is 31.1 Å². The number of hydrazine groups is 1. The molecule has 1 aromatic rings. The third-order valence-electron chi connectivity index (χ3n) is 3.23. The molecule has 100 valence electrons. The average molecular weight is 268 g/mol. The lowest BCUT2D eigenvalue weighted by atomic mass is 10.2. The van der Waals surface area contributed by atoms with Crippen LogP contribution in [0.25, 0.3) is 0 Å². The fourth-order valence-corrected chi connectivity index (χ4v) is 3.33. The van der Waals surface area contributed by atoms with Gasteiger partial charge in [0.2, 0.25) is 0 Å². The molecular formula is C12H20N4OS. The van der Waals surface area contributed by atoms with E-state index in [1.54, 1.807) is 0 Å². The van der Waals surface area contributed by atoms with Crippen LogP contribution in [0.2, 0.25) is 0 Å². The summed E-state index contributed by atoms with van der Waals surface area (Å²) in [7, 11) is 0. The van der Waals surface area contributed by atoms with Gasteiger partial charge >= 0.3 is 0 Å². The van der Waals surface area contributed by atoms with Crippen LogP contribution in [-0.4, -0.2) is 24.0 Å². The average Bonchev–Trinajstić information content (AvgIpc) is 2.64. The van der Waals surface area contributed by atoms with Crippen molar-refractivity contribution in [2.75, 3.05) is 18.0 Å². The van der Waals surface area contributed by atoms with Crippen molar-refractivity contribution in [1.82, 2.24) is 10.4 Å². The molecule has 1 fully saturated rings. The molecule has 0 unspecified atom stereocenters. The van der Waals surface area contributed by atoms with Crippen LogP contribution in [0.1, 0.15) is 48.0 Å². The maximum absolute atomic E-state index is 11.7. The highest BCUT2D eigenvalue weighted by Crippen LogP contribution is 2.28. The number of nitrogens with two attached hydrogens (primary N) is 1. The number of thiazole rings is 1. The fraction of sp³-hybridized carbons (Fsp3) is 0.667. The maximum atomic E-state index is 11.7. The normalized spacial score (nSPS) is 16.4. The molecule has 6 heteroatoms. The van der Waals surface area contributed by atoms with E-state index in [-0.39, 0.29) is 5.91 Å². The molecular weight excluding hydrogens is 248 g/mol. The standard InChI is InChI=1S/C12H20N4OS/c1-2-9-10(11(17)15-13)18-12(14-9)16-7-5-3-4-6-8-16/h2-8,13H2,1H3,(H,15,17). The Bertz CT molecular complexity index is 410. The molecule has 0 atom stereocenters. The molecule has 0 aliphatic carbocycles. The Labute approximate surface area is 111 Å². The van der Waals surface area contributed by atoms with Gasteiger partial charge in [-0.3, -0.25) is 10.2 Å². The van der Waals surface area contributed by atoms with Gasteiger partial charge < -0.3 is 4.90 Å². The van der Waals surface area contributed by atoms with E-state index in [4.69, 9.17) is 5.84 Å². The summed E-state index contributed by atoms with van der Waals surface area (Å²) < 4.78 is 0. The molecule has 0 radical (unpaired) electrons. The predicted octanol–water partition coefficient (Wildman–Crippen LogP) is 1.69. The first-order valence-electron chi connectivity index (χ1n) is 6.51. The van der Waals surface area contributed by atoms with Crippen molar-refractivity contribution in [2.45, 2.75) is 39.0 Å². The number of nitrogens with one attached hydrogen (secondary N) is 1. The summed E-state index contributed by atoms with van der Waals surface area (Å²) in [5.41, 5.74) is 3.05. The number of hydrogen-bond acceptors (Lipinski definition) is 5. The van der Waals surface area contributed by atoms with Gasteiger partial charge in [0.15, 0.2) is 5.13 Å². The highest BCUT2D eigenvalue weighted by molar-refractivity contribution is 7.17. The molecule has 1 aliphatic heterocycles. The molecule has 1 aliphatic rings. The smallest absolute Gasteiger partial charge is 0.277 e. The van der Waals surface area contributed by atoms with E-state index in [0.29, 0.717) is 4.88 Å². The highest BCUT2D eigenvalue weighted by atomic mass is 32.1. The van der Waals surface area contributed by atoms with Crippen LogP contribution in [0.4, 0.5) is 5.13 Å². The zero-order chi connectivity index (χ0) is 13.0. The Morgan fingerprint density at radius 1 is 1.39 bits per heavy atom. The molecule has 0 spiro atoms. The molecule has 18 heavy (non-hydrogen) atoms. The van der Waals surface area contributed by atoms with Gasteiger partial charge in [-0.15, -0.1) is 0 Å². The number of nitrogens with zero attached hydrogens (tertiary/aromatic N) is 2. The number of rotatable bonds is 3. The Morgan fingerprint density at radius 2 is 2.06 bits per heavy atom. The summed E-state index contributed by atoms with van der Waals surface area (Å²) >= 11 is 1.46. The number of carbonyl (C=O) groups excluding carboxylic acids is 1. The van der Waals surface area contributed by atoms with Crippen molar-refractivity contribution in [3.63, 3.8) is 0 Å². The van der Waals surface area contributed by atoms with Crippen LogP contribution in [0.5, 0.6) is 0 Å². The lowest BCUT2D eigenvalue weighted by molar-refractivity contribution is 0.0956. The molecule has 1 amide bonds. The molecule has 3 N–H and O–H groups in total. The Kier molecular flexibility index (Phi) is 4.54. The molecule has 1 saturated heterocycles. The van der Waals surface area contributed by atoms with E-state index < -0.39 is 0 Å². The van der Waals surface area contributed by atoms with Crippen molar-refractivity contribution in [2.24, 2.45) is 5.84 Å². The minimum Gasteiger partial charge on any atom is -0.348 e. The van der Waals surface area contributed by atoms with Gasteiger partial charge in [0, 0.05) is 13.1 Å². The minimum absolute atomic E-state index is 0.231. The molecule has 1 aromatic heterocycles. The summed E-state index contributed by atoms with van der Waals surface area (Å²) in [5.74, 6) is 4.98. The first-order chi connectivity index (χ1) is 8.76. The molecule has 5 nitrogen and oxygen atoms in total.